The standard InChI is InChI=1S/C50H87NO7/c1-6-8-10-12-14-16-18-20-21-22-23-24-25-26-27-28-29-31-33-35-37-39-41-49(53)58-46(44-56-43-42-47(50(54)55)51(3,4)5)45-57-48(52)40-38-36-34-32-30-19-17-15-13-11-9-7-2/h9,11,14-17,20-21,23-24,46-47H,6-8,10,12-13,18-19,22,25-45H2,1-5H3/b11-9+,16-14+,17-15+,21-20+,24-23+. The third kappa shape index (κ3) is 38.5. The molecule has 0 aliphatic carbocycles. The van der Waals surface area contributed by atoms with E-state index in [0.717, 1.165) is 89.9 Å². The van der Waals surface area contributed by atoms with Crippen molar-refractivity contribution in [3.05, 3.63) is 60.8 Å². The lowest BCUT2D eigenvalue weighted by atomic mass is 10.1. The molecule has 0 radical (unpaired) electrons. The number of hydrogen-bond donors (Lipinski definition) is 0. The summed E-state index contributed by atoms with van der Waals surface area (Å²) in [6, 6.07) is -0.730. The molecule has 0 rings (SSSR count). The normalized spacial score (nSPS) is 13.5. The summed E-state index contributed by atoms with van der Waals surface area (Å²) in [5.74, 6) is -1.76. The van der Waals surface area contributed by atoms with Gasteiger partial charge in [-0.05, 0) is 77.0 Å². The quantitative estimate of drug-likeness (QED) is 0.0262. The monoisotopic (exact) mass is 814 g/mol. The minimum absolute atomic E-state index is 0.0320. The van der Waals surface area contributed by atoms with Gasteiger partial charge in [-0.3, -0.25) is 9.59 Å². The van der Waals surface area contributed by atoms with Gasteiger partial charge in [0.25, 0.3) is 0 Å². The van der Waals surface area contributed by atoms with E-state index in [2.05, 4.69) is 74.6 Å². The molecule has 0 heterocycles. The number of likely N-dealkylation sites (N-methyl/N-ethyl adjacent to an activating group) is 1. The maximum Gasteiger partial charge on any atom is 0.306 e. The Labute approximate surface area is 356 Å². The van der Waals surface area contributed by atoms with Crippen molar-refractivity contribution in [3.63, 3.8) is 0 Å². The smallest absolute Gasteiger partial charge is 0.306 e. The minimum atomic E-state index is -1.13. The predicted octanol–water partition coefficient (Wildman–Crippen LogP) is 11.6. The van der Waals surface area contributed by atoms with Gasteiger partial charge < -0.3 is 28.6 Å². The van der Waals surface area contributed by atoms with Crippen LogP contribution in [0.15, 0.2) is 60.8 Å². The molecule has 0 N–H and O–H groups in total. The summed E-state index contributed by atoms with van der Waals surface area (Å²) >= 11 is 0. The van der Waals surface area contributed by atoms with Gasteiger partial charge in [-0.2, -0.15) is 0 Å². The first-order valence-corrected chi connectivity index (χ1v) is 23.3. The van der Waals surface area contributed by atoms with Gasteiger partial charge in [-0.15, -0.1) is 0 Å². The number of ether oxygens (including phenoxy) is 3. The van der Waals surface area contributed by atoms with Gasteiger partial charge in [0.2, 0.25) is 0 Å². The Morgan fingerprint density at radius 3 is 1.43 bits per heavy atom. The molecule has 0 aromatic carbocycles. The number of aliphatic carboxylic acids is 1. The van der Waals surface area contributed by atoms with E-state index < -0.39 is 18.1 Å². The van der Waals surface area contributed by atoms with E-state index in [0.29, 0.717) is 12.8 Å². The van der Waals surface area contributed by atoms with E-state index in [-0.39, 0.29) is 42.7 Å². The number of unbranched alkanes of at least 4 members (excludes halogenated alkanes) is 17. The van der Waals surface area contributed by atoms with E-state index >= 15 is 0 Å². The molecule has 0 aliphatic heterocycles. The molecular formula is C50H87NO7. The van der Waals surface area contributed by atoms with Gasteiger partial charge in [-0.1, -0.05) is 152 Å². The van der Waals surface area contributed by atoms with Gasteiger partial charge in [-0.25, -0.2) is 0 Å². The Hall–Kier alpha value is -2.97. The second-order valence-corrected chi connectivity index (χ2v) is 16.6. The Bertz CT molecular complexity index is 1130. The topological polar surface area (TPSA) is 102 Å². The number of hydrogen-bond acceptors (Lipinski definition) is 7. The van der Waals surface area contributed by atoms with Gasteiger partial charge in [0, 0.05) is 19.3 Å². The first kappa shape index (κ1) is 55.0. The van der Waals surface area contributed by atoms with Crippen LogP contribution in [0.5, 0.6) is 0 Å². The molecule has 0 aromatic rings. The van der Waals surface area contributed by atoms with Crippen LogP contribution in [-0.2, 0) is 28.6 Å². The van der Waals surface area contributed by atoms with Crippen molar-refractivity contribution in [3.8, 4) is 0 Å². The zero-order chi connectivity index (χ0) is 42.8. The molecule has 8 heteroatoms. The van der Waals surface area contributed by atoms with Crippen molar-refractivity contribution in [1.82, 2.24) is 0 Å². The van der Waals surface area contributed by atoms with Crippen LogP contribution in [0.3, 0.4) is 0 Å². The van der Waals surface area contributed by atoms with E-state index in [9.17, 15) is 19.5 Å². The Kier molecular flexibility index (Phi) is 38.7. The molecule has 58 heavy (non-hydrogen) atoms. The molecule has 0 saturated heterocycles. The highest BCUT2D eigenvalue weighted by molar-refractivity contribution is 5.70. The maximum absolute atomic E-state index is 12.7. The highest BCUT2D eigenvalue weighted by Gasteiger charge is 2.25. The number of carboxylic acid groups (broad SMARTS) is 1. The first-order chi connectivity index (χ1) is 28.1. The fourth-order valence-corrected chi connectivity index (χ4v) is 6.53. The number of esters is 2. The van der Waals surface area contributed by atoms with Crippen molar-refractivity contribution >= 4 is 17.9 Å². The van der Waals surface area contributed by atoms with Gasteiger partial charge >= 0.3 is 11.9 Å². The van der Waals surface area contributed by atoms with Crippen LogP contribution >= 0.6 is 0 Å². The summed E-state index contributed by atoms with van der Waals surface area (Å²) in [5.41, 5.74) is 0. The summed E-state index contributed by atoms with van der Waals surface area (Å²) < 4.78 is 17.2. The molecule has 0 aliphatic rings. The lowest BCUT2D eigenvalue weighted by Gasteiger charge is -2.34. The van der Waals surface area contributed by atoms with Crippen LogP contribution in [0, 0.1) is 0 Å². The molecule has 0 fully saturated rings. The molecule has 8 nitrogen and oxygen atoms in total. The Morgan fingerprint density at radius 2 is 0.966 bits per heavy atom. The highest BCUT2D eigenvalue weighted by atomic mass is 16.6. The number of rotatable bonds is 41. The summed E-state index contributed by atoms with van der Waals surface area (Å²) in [5, 5.41) is 11.6. The van der Waals surface area contributed by atoms with Crippen LogP contribution in [0.4, 0.5) is 0 Å². The van der Waals surface area contributed by atoms with Crippen molar-refractivity contribution in [1.29, 1.82) is 0 Å². The van der Waals surface area contributed by atoms with Gasteiger partial charge in [0.05, 0.1) is 40.3 Å². The molecule has 0 bridgehead atoms. The van der Waals surface area contributed by atoms with Crippen LogP contribution in [0.2, 0.25) is 0 Å². The largest absolute Gasteiger partial charge is 0.544 e. The third-order valence-electron chi connectivity index (χ3n) is 10.1. The van der Waals surface area contributed by atoms with Gasteiger partial charge in [0.1, 0.15) is 12.6 Å². The fraction of sp³-hybridized carbons (Fsp3) is 0.740. The number of quaternary nitrogens is 1. The average Bonchev–Trinajstić information content (AvgIpc) is 3.18. The second kappa shape index (κ2) is 40.8. The molecule has 334 valence electrons. The first-order valence-electron chi connectivity index (χ1n) is 23.3. The van der Waals surface area contributed by atoms with Crippen LogP contribution < -0.4 is 5.11 Å². The van der Waals surface area contributed by atoms with Crippen molar-refractivity contribution in [2.45, 2.75) is 199 Å². The molecule has 0 amide bonds. The average molecular weight is 814 g/mol. The van der Waals surface area contributed by atoms with Crippen molar-refractivity contribution in [2.75, 3.05) is 41.0 Å². The van der Waals surface area contributed by atoms with E-state index in [1.54, 1.807) is 21.1 Å². The van der Waals surface area contributed by atoms with E-state index in [1.165, 1.54) is 64.2 Å². The number of carbonyl (C=O) groups is 3. The number of carbonyl (C=O) groups excluding carboxylic acids is 3. The number of allylic oxidation sites excluding steroid dienone is 10. The molecule has 0 spiro atoms. The lowest BCUT2D eigenvalue weighted by molar-refractivity contribution is -0.889. The number of nitrogens with zero attached hydrogens (tertiary/aromatic N) is 1. The minimum Gasteiger partial charge on any atom is -0.544 e. The van der Waals surface area contributed by atoms with E-state index in [4.69, 9.17) is 14.2 Å². The predicted molar refractivity (Wildman–Crippen MR) is 240 cm³/mol. The van der Waals surface area contributed by atoms with Crippen molar-refractivity contribution < 1.29 is 38.2 Å². The summed E-state index contributed by atoms with van der Waals surface area (Å²) in [6.07, 6.45) is 49.6. The zero-order valence-corrected chi connectivity index (χ0v) is 37.9. The fourth-order valence-electron chi connectivity index (χ4n) is 6.53. The molecular weight excluding hydrogens is 727 g/mol. The molecule has 2 unspecified atom stereocenters. The molecule has 0 saturated carbocycles. The SMILES string of the molecule is CC/C=C/C/C=C/CCCCCCCC(=O)OCC(COCCC(C(=O)[O-])[N+](C)(C)C)OC(=O)CCCCCCCCCCC/C=C/C/C=C/C/C=C/CCCCC. The van der Waals surface area contributed by atoms with Crippen molar-refractivity contribution in [2.24, 2.45) is 0 Å². The lowest BCUT2D eigenvalue weighted by Crippen LogP contribution is -2.55. The van der Waals surface area contributed by atoms with E-state index in [1.807, 2.05) is 0 Å². The number of carboxylic acids is 1. The third-order valence-corrected chi connectivity index (χ3v) is 10.1. The van der Waals surface area contributed by atoms with Gasteiger partial charge in [0.15, 0.2) is 6.10 Å². The van der Waals surface area contributed by atoms with Crippen LogP contribution in [0.25, 0.3) is 0 Å². The zero-order valence-electron chi connectivity index (χ0n) is 37.9. The summed E-state index contributed by atoms with van der Waals surface area (Å²) in [7, 11) is 5.40. The Morgan fingerprint density at radius 1 is 0.534 bits per heavy atom. The summed E-state index contributed by atoms with van der Waals surface area (Å²) in [6.45, 7) is 4.50. The maximum atomic E-state index is 12.7. The Balaban J connectivity index is 4.28. The van der Waals surface area contributed by atoms with Crippen LogP contribution in [-0.4, -0.2) is 75.5 Å². The molecule has 2 atom stereocenters. The second-order valence-electron chi connectivity index (χ2n) is 16.6. The highest BCUT2D eigenvalue weighted by Crippen LogP contribution is 2.14. The van der Waals surface area contributed by atoms with Crippen LogP contribution in [0.1, 0.15) is 187 Å². The molecule has 0 aromatic heterocycles. The summed E-state index contributed by atoms with van der Waals surface area (Å²) in [4.78, 5) is 36.9.